The minimum atomic E-state index is -0.382. The average Bonchev–Trinajstić information content (AvgIpc) is 2.78. The molecule has 2 aromatic rings. The summed E-state index contributed by atoms with van der Waals surface area (Å²) in [7, 11) is 0. The van der Waals surface area contributed by atoms with E-state index in [2.05, 4.69) is 20.9 Å². The largest absolute Gasteiger partial charge is 0.368 e. The van der Waals surface area contributed by atoms with Crippen molar-refractivity contribution in [2.75, 3.05) is 49.5 Å². The third kappa shape index (κ3) is 7.18. The van der Waals surface area contributed by atoms with Crippen LogP contribution in [0.15, 0.2) is 54.6 Å². The highest BCUT2D eigenvalue weighted by molar-refractivity contribution is 6.30. The van der Waals surface area contributed by atoms with Crippen LogP contribution < -0.4 is 20.9 Å². The van der Waals surface area contributed by atoms with Crippen LogP contribution in [0.2, 0.25) is 5.02 Å². The number of hydrogen-bond donors (Lipinski definition) is 3. The predicted molar refractivity (Wildman–Crippen MR) is 121 cm³/mol. The van der Waals surface area contributed by atoms with Gasteiger partial charge in [0, 0.05) is 55.5 Å². The molecule has 2 aromatic carbocycles. The molecule has 0 aliphatic carbocycles. The summed E-state index contributed by atoms with van der Waals surface area (Å²) in [5.41, 5.74) is 1.71. The monoisotopic (exact) mass is 443 g/mol. The predicted octanol–water partition coefficient (Wildman–Crippen LogP) is 2.32. The number of rotatable bonds is 7. The second-order valence-electron chi connectivity index (χ2n) is 7.12. The molecule has 0 bridgehead atoms. The van der Waals surface area contributed by atoms with E-state index in [0.717, 1.165) is 5.69 Å². The first-order valence-corrected chi connectivity index (χ1v) is 10.5. The Balaban J connectivity index is 1.30. The first-order valence-electron chi connectivity index (χ1n) is 10.2. The van der Waals surface area contributed by atoms with Crippen molar-refractivity contribution in [3.8, 4) is 0 Å². The highest BCUT2D eigenvalue weighted by atomic mass is 35.5. The fraction of sp³-hybridized carbons (Fsp3) is 0.318. The van der Waals surface area contributed by atoms with Crippen molar-refractivity contribution in [3.63, 3.8) is 0 Å². The topological polar surface area (TPSA) is 93.8 Å². The van der Waals surface area contributed by atoms with Crippen LogP contribution in [-0.2, 0) is 9.59 Å². The summed E-state index contributed by atoms with van der Waals surface area (Å²) in [5, 5.41) is 8.60. The molecule has 1 aliphatic heterocycles. The van der Waals surface area contributed by atoms with Crippen LogP contribution in [0.25, 0.3) is 0 Å². The number of piperazine rings is 1. The zero-order valence-corrected chi connectivity index (χ0v) is 17.9. The van der Waals surface area contributed by atoms with E-state index < -0.39 is 0 Å². The van der Waals surface area contributed by atoms with Crippen LogP contribution in [0, 0.1) is 0 Å². The van der Waals surface area contributed by atoms with Gasteiger partial charge in [0.2, 0.25) is 11.8 Å². The van der Waals surface area contributed by atoms with Crippen molar-refractivity contribution in [3.05, 3.63) is 59.6 Å². The molecule has 164 valence electrons. The number of hydrogen-bond acceptors (Lipinski definition) is 4. The Hall–Kier alpha value is -3.26. The molecule has 0 radical (unpaired) electrons. The SMILES string of the molecule is O=C(CCNC(=O)Nc1ccccc1)NCC(=O)N1CCN(c2cccc(Cl)c2)CC1. The van der Waals surface area contributed by atoms with Gasteiger partial charge in [0.1, 0.15) is 0 Å². The van der Waals surface area contributed by atoms with Gasteiger partial charge >= 0.3 is 6.03 Å². The van der Waals surface area contributed by atoms with Gasteiger partial charge in [-0.25, -0.2) is 4.79 Å². The number of nitrogens with zero attached hydrogens (tertiary/aromatic N) is 2. The van der Waals surface area contributed by atoms with Gasteiger partial charge < -0.3 is 25.8 Å². The number of carbonyl (C=O) groups excluding carboxylic acids is 3. The summed E-state index contributed by atoms with van der Waals surface area (Å²) in [6, 6.07) is 16.3. The van der Waals surface area contributed by atoms with E-state index in [4.69, 9.17) is 11.6 Å². The number of nitrogens with one attached hydrogen (secondary N) is 3. The molecule has 3 rings (SSSR count). The van der Waals surface area contributed by atoms with Crippen molar-refractivity contribution < 1.29 is 14.4 Å². The lowest BCUT2D eigenvalue weighted by molar-refractivity contribution is -0.133. The molecule has 3 N–H and O–H groups in total. The molecular weight excluding hydrogens is 418 g/mol. The Morgan fingerprint density at radius 2 is 1.65 bits per heavy atom. The minimum absolute atomic E-state index is 0.0494. The van der Waals surface area contributed by atoms with E-state index in [1.54, 1.807) is 17.0 Å². The third-order valence-electron chi connectivity index (χ3n) is 4.91. The molecule has 0 spiro atoms. The maximum Gasteiger partial charge on any atom is 0.319 e. The second-order valence-corrected chi connectivity index (χ2v) is 7.56. The number of carbonyl (C=O) groups is 3. The molecule has 0 unspecified atom stereocenters. The van der Waals surface area contributed by atoms with E-state index in [0.29, 0.717) is 36.9 Å². The first kappa shape index (κ1) is 22.4. The van der Waals surface area contributed by atoms with Crippen LogP contribution in [-0.4, -0.2) is 62.0 Å². The molecule has 0 aromatic heterocycles. The first-order chi connectivity index (χ1) is 15.0. The molecule has 1 heterocycles. The van der Waals surface area contributed by atoms with Crippen molar-refractivity contribution in [2.45, 2.75) is 6.42 Å². The van der Waals surface area contributed by atoms with Gasteiger partial charge in [0.15, 0.2) is 0 Å². The van der Waals surface area contributed by atoms with Gasteiger partial charge in [-0.1, -0.05) is 35.9 Å². The lowest BCUT2D eigenvalue weighted by atomic mass is 10.2. The van der Waals surface area contributed by atoms with Gasteiger partial charge in [-0.05, 0) is 30.3 Å². The molecule has 0 atom stereocenters. The summed E-state index contributed by atoms with van der Waals surface area (Å²) in [6.07, 6.45) is 0.0953. The van der Waals surface area contributed by atoms with E-state index in [-0.39, 0.29) is 37.4 Å². The summed E-state index contributed by atoms with van der Waals surface area (Å²) >= 11 is 6.05. The minimum Gasteiger partial charge on any atom is -0.368 e. The highest BCUT2D eigenvalue weighted by Crippen LogP contribution is 2.20. The smallest absolute Gasteiger partial charge is 0.319 e. The Morgan fingerprint density at radius 3 is 2.35 bits per heavy atom. The maximum absolute atomic E-state index is 12.4. The summed E-state index contributed by atoms with van der Waals surface area (Å²) in [6.45, 7) is 2.72. The third-order valence-corrected chi connectivity index (χ3v) is 5.15. The van der Waals surface area contributed by atoms with Gasteiger partial charge in [0.05, 0.1) is 6.54 Å². The van der Waals surface area contributed by atoms with Gasteiger partial charge in [-0.3, -0.25) is 9.59 Å². The molecule has 1 aliphatic rings. The number of anilines is 2. The van der Waals surface area contributed by atoms with Crippen LogP contribution in [0.5, 0.6) is 0 Å². The van der Waals surface area contributed by atoms with Gasteiger partial charge in [0.25, 0.3) is 0 Å². The maximum atomic E-state index is 12.4. The lowest BCUT2D eigenvalue weighted by Gasteiger charge is -2.36. The summed E-state index contributed by atoms with van der Waals surface area (Å²) in [4.78, 5) is 40.1. The number of amides is 4. The zero-order chi connectivity index (χ0) is 22.1. The lowest BCUT2D eigenvalue weighted by Crippen LogP contribution is -2.51. The Kier molecular flexibility index (Phi) is 8.12. The van der Waals surface area contributed by atoms with Crippen molar-refractivity contribution in [1.29, 1.82) is 0 Å². The molecule has 8 nitrogen and oxygen atoms in total. The fourth-order valence-electron chi connectivity index (χ4n) is 3.25. The molecular formula is C22H26ClN5O3. The normalized spacial score (nSPS) is 13.5. The van der Waals surface area contributed by atoms with E-state index in [1.165, 1.54) is 0 Å². The fourth-order valence-corrected chi connectivity index (χ4v) is 3.43. The van der Waals surface area contributed by atoms with Crippen molar-refractivity contribution in [1.82, 2.24) is 15.5 Å². The standard InChI is InChI=1S/C22H26ClN5O3/c23-17-5-4-8-19(15-17)27-11-13-28(14-12-27)21(30)16-25-20(29)9-10-24-22(31)26-18-6-2-1-3-7-18/h1-8,15H,9-14,16H2,(H,25,29)(H2,24,26,31). The van der Waals surface area contributed by atoms with Crippen LogP contribution in [0.4, 0.5) is 16.2 Å². The van der Waals surface area contributed by atoms with E-state index in [1.807, 2.05) is 42.5 Å². The molecule has 1 fully saturated rings. The Morgan fingerprint density at radius 1 is 0.903 bits per heavy atom. The van der Waals surface area contributed by atoms with E-state index in [9.17, 15) is 14.4 Å². The van der Waals surface area contributed by atoms with Crippen molar-refractivity contribution in [2.24, 2.45) is 0 Å². The summed E-state index contributed by atoms with van der Waals surface area (Å²) < 4.78 is 0. The van der Waals surface area contributed by atoms with Crippen molar-refractivity contribution >= 4 is 40.8 Å². The Bertz CT molecular complexity index is 901. The zero-order valence-electron chi connectivity index (χ0n) is 17.1. The number of benzene rings is 2. The van der Waals surface area contributed by atoms with Crippen LogP contribution >= 0.6 is 11.6 Å². The molecule has 31 heavy (non-hydrogen) atoms. The molecule has 0 saturated carbocycles. The van der Waals surface area contributed by atoms with Crippen LogP contribution in [0.3, 0.4) is 0 Å². The van der Waals surface area contributed by atoms with Gasteiger partial charge in [-0.2, -0.15) is 0 Å². The molecule has 1 saturated heterocycles. The Labute approximate surface area is 186 Å². The number of urea groups is 1. The number of para-hydroxylation sites is 1. The number of halogens is 1. The average molecular weight is 444 g/mol. The van der Waals surface area contributed by atoms with Gasteiger partial charge in [-0.15, -0.1) is 0 Å². The van der Waals surface area contributed by atoms with Crippen LogP contribution in [0.1, 0.15) is 6.42 Å². The van der Waals surface area contributed by atoms with E-state index >= 15 is 0 Å². The summed E-state index contributed by atoms with van der Waals surface area (Å²) in [5.74, 6) is -0.403. The molecule has 4 amide bonds. The highest BCUT2D eigenvalue weighted by Gasteiger charge is 2.21. The second kappa shape index (κ2) is 11.2. The quantitative estimate of drug-likeness (QED) is 0.612. The molecule has 9 heteroatoms.